The zero-order valence-electron chi connectivity index (χ0n) is 14.1. The molecule has 0 saturated heterocycles. The van der Waals surface area contributed by atoms with Gasteiger partial charge in [-0.25, -0.2) is 0 Å². The first-order valence-corrected chi connectivity index (χ1v) is 8.73. The van der Waals surface area contributed by atoms with Crippen molar-refractivity contribution in [3.63, 3.8) is 0 Å². The summed E-state index contributed by atoms with van der Waals surface area (Å²) in [4.78, 5) is 7.96. The van der Waals surface area contributed by atoms with Crippen LogP contribution in [-0.2, 0) is 0 Å². The number of nitrogens with two attached hydrogens (primary N) is 4. The average Bonchev–Trinajstić information content (AvgIpc) is 2.46. The quantitative estimate of drug-likeness (QED) is 0.210. The number of nitrogens with zero attached hydrogens (tertiary/aromatic N) is 2. The number of guanidine groups is 2. The van der Waals surface area contributed by atoms with E-state index in [1.54, 1.807) is 0 Å². The van der Waals surface area contributed by atoms with E-state index in [4.69, 9.17) is 22.9 Å². The minimum atomic E-state index is 0.205. The molecule has 8 N–H and O–H groups in total. The fourth-order valence-electron chi connectivity index (χ4n) is 2.41. The summed E-state index contributed by atoms with van der Waals surface area (Å²) in [5.41, 5.74) is 21.1. The van der Waals surface area contributed by atoms with Crippen molar-refractivity contribution in [3.05, 3.63) is 0 Å². The first-order valence-electron chi connectivity index (χ1n) is 8.73. The standard InChI is InChI=1S/C16H36N6/c17-15(18)21-13-11-9-7-5-3-1-2-4-6-8-10-12-14-22-16(19)20/h1-14H2,(H4,17,18,21)(H4,19,20,22). The van der Waals surface area contributed by atoms with E-state index in [-0.39, 0.29) is 11.9 Å². The Morgan fingerprint density at radius 1 is 0.409 bits per heavy atom. The lowest BCUT2D eigenvalue weighted by molar-refractivity contribution is 0.543. The molecule has 130 valence electrons. The van der Waals surface area contributed by atoms with Crippen molar-refractivity contribution in [2.75, 3.05) is 13.1 Å². The van der Waals surface area contributed by atoms with Crippen molar-refractivity contribution in [1.29, 1.82) is 0 Å². The molecule has 0 fully saturated rings. The lowest BCUT2D eigenvalue weighted by Gasteiger charge is -2.02. The van der Waals surface area contributed by atoms with Crippen molar-refractivity contribution in [3.8, 4) is 0 Å². The molecule has 0 radical (unpaired) electrons. The minimum Gasteiger partial charge on any atom is -0.370 e. The second-order valence-corrected chi connectivity index (χ2v) is 5.86. The molecule has 0 saturated carbocycles. The molecule has 0 rings (SSSR count). The van der Waals surface area contributed by atoms with Gasteiger partial charge in [0.05, 0.1) is 0 Å². The van der Waals surface area contributed by atoms with E-state index in [2.05, 4.69) is 9.98 Å². The summed E-state index contributed by atoms with van der Waals surface area (Å²) >= 11 is 0. The van der Waals surface area contributed by atoms with Gasteiger partial charge in [0.25, 0.3) is 0 Å². The molecule has 0 heterocycles. The van der Waals surface area contributed by atoms with Crippen LogP contribution in [0, 0.1) is 0 Å². The van der Waals surface area contributed by atoms with Crippen LogP contribution in [0.15, 0.2) is 9.98 Å². The fourth-order valence-corrected chi connectivity index (χ4v) is 2.41. The molecule has 0 amide bonds. The Kier molecular flexibility index (Phi) is 14.9. The van der Waals surface area contributed by atoms with Crippen molar-refractivity contribution < 1.29 is 0 Å². The van der Waals surface area contributed by atoms with Gasteiger partial charge >= 0.3 is 0 Å². The maximum Gasteiger partial charge on any atom is 0.185 e. The summed E-state index contributed by atoms with van der Waals surface area (Å²) in [6.45, 7) is 1.54. The van der Waals surface area contributed by atoms with Crippen LogP contribution in [-0.4, -0.2) is 25.0 Å². The van der Waals surface area contributed by atoms with Gasteiger partial charge in [-0.05, 0) is 12.8 Å². The van der Waals surface area contributed by atoms with Crippen LogP contribution in [0.25, 0.3) is 0 Å². The third kappa shape index (κ3) is 18.5. The third-order valence-electron chi connectivity index (χ3n) is 3.65. The van der Waals surface area contributed by atoms with Gasteiger partial charge in [-0.15, -0.1) is 0 Å². The SMILES string of the molecule is NC(N)=NCCCCCCCCCCCCCCN=C(N)N. The molecule has 22 heavy (non-hydrogen) atoms. The second-order valence-electron chi connectivity index (χ2n) is 5.86. The number of hydrogen-bond acceptors (Lipinski definition) is 2. The highest BCUT2D eigenvalue weighted by Gasteiger charge is 1.94. The zero-order valence-corrected chi connectivity index (χ0v) is 14.1. The molecule has 6 heteroatoms. The number of unbranched alkanes of at least 4 members (excludes halogenated alkanes) is 11. The normalized spacial score (nSPS) is 10.4. The van der Waals surface area contributed by atoms with Crippen LogP contribution in [0.2, 0.25) is 0 Å². The molecule has 0 aromatic carbocycles. The summed E-state index contributed by atoms with van der Waals surface area (Å²) in [6.07, 6.45) is 15.3. The van der Waals surface area contributed by atoms with Gasteiger partial charge in [0.2, 0.25) is 0 Å². The van der Waals surface area contributed by atoms with Crippen LogP contribution in [0.5, 0.6) is 0 Å². The summed E-state index contributed by atoms with van der Waals surface area (Å²) in [7, 11) is 0. The first-order chi connectivity index (χ1) is 10.6. The van der Waals surface area contributed by atoms with Gasteiger partial charge in [0.1, 0.15) is 0 Å². The van der Waals surface area contributed by atoms with Gasteiger partial charge in [0.15, 0.2) is 11.9 Å². The van der Waals surface area contributed by atoms with Gasteiger partial charge in [0, 0.05) is 13.1 Å². The highest BCUT2D eigenvalue weighted by Crippen LogP contribution is 2.12. The van der Waals surface area contributed by atoms with E-state index in [0.717, 1.165) is 25.9 Å². The lowest BCUT2D eigenvalue weighted by Crippen LogP contribution is -2.22. The third-order valence-corrected chi connectivity index (χ3v) is 3.65. The van der Waals surface area contributed by atoms with E-state index in [1.807, 2.05) is 0 Å². The summed E-state index contributed by atoms with van der Waals surface area (Å²) in [5.74, 6) is 0.410. The van der Waals surface area contributed by atoms with Gasteiger partial charge in [-0.2, -0.15) is 0 Å². The van der Waals surface area contributed by atoms with E-state index >= 15 is 0 Å². The molecule has 0 aliphatic heterocycles. The molecule has 0 aliphatic carbocycles. The predicted octanol–water partition coefficient (Wildman–Crippen LogP) is 2.21. The monoisotopic (exact) mass is 312 g/mol. The first kappa shape index (κ1) is 20.5. The van der Waals surface area contributed by atoms with Crippen LogP contribution >= 0.6 is 0 Å². The number of rotatable bonds is 15. The van der Waals surface area contributed by atoms with Gasteiger partial charge in [-0.1, -0.05) is 64.2 Å². The number of aliphatic imine (C=N–C) groups is 2. The Morgan fingerprint density at radius 3 is 0.864 bits per heavy atom. The lowest BCUT2D eigenvalue weighted by atomic mass is 10.1. The molecule has 0 atom stereocenters. The molecule has 0 bridgehead atoms. The highest BCUT2D eigenvalue weighted by atomic mass is 15.0. The maximum atomic E-state index is 5.27. The van der Waals surface area contributed by atoms with Crippen LogP contribution in [0.4, 0.5) is 0 Å². The largest absolute Gasteiger partial charge is 0.370 e. The minimum absolute atomic E-state index is 0.205. The Bertz CT molecular complexity index is 263. The smallest absolute Gasteiger partial charge is 0.185 e. The Labute approximate surface area is 135 Å². The van der Waals surface area contributed by atoms with Crippen LogP contribution in [0.1, 0.15) is 77.0 Å². The zero-order chi connectivity index (χ0) is 16.5. The Balaban J connectivity index is 3.06. The highest BCUT2D eigenvalue weighted by molar-refractivity contribution is 5.75. The number of hydrogen-bond donors (Lipinski definition) is 4. The Hall–Kier alpha value is -1.46. The maximum absolute atomic E-state index is 5.27. The van der Waals surface area contributed by atoms with E-state index in [0.29, 0.717) is 0 Å². The van der Waals surface area contributed by atoms with Crippen molar-refractivity contribution in [2.45, 2.75) is 77.0 Å². The van der Waals surface area contributed by atoms with Gasteiger partial charge in [-0.3, -0.25) is 9.98 Å². The predicted molar refractivity (Wildman–Crippen MR) is 96.8 cm³/mol. The van der Waals surface area contributed by atoms with Crippen molar-refractivity contribution in [1.82, 2.24) is 0 Å². The second kappa shape index (κ2) is 15.9. The van der Waals surface area contributed by atoms with E-state index in [9.17, 15) is 0 Å². The van der Waals surface area contributed by atoms with Crippen molar-refractivity contribution >= 4 is 11.9 Å². The molecule has 0 aromatic heterocycles. The summed E-state index contributed by atoms with van der Waals surface area (Å²) < 4.78 is 0. The molecule has 0 aliphatic rings. The molecule has 6 nitrogen and oxygen atoms in total. The molecular formula is C16H36N6. The molecule has 0 unspecified atom stereocenters. The average molecular weight is 313 g/mol. The molecule has 0 aromatic rings. The fraction of sp³-hybridized carbons (Fsp3) is 0.875. The van der Waals surface area contributed by atoms with E-state index < -0.39 is 0 Å². The Morgan fingerprint density at radius 2 is 0.636 bits per heavy atom. The van der Waals surface area contributed by atoms with Crippen LogP contribution in [0.3, 0.4) is 0 Å². The van der Waals surface area contributed by atoms with E-state index in [1.165, 1.54) is 64.2 Å². The van der Waals surface area contributed by atoms with Gasteiger partial charge < -0.3 is 22.9 Å². The summed E-state index contributed by atoms with van der Waals surface area (Å²) in [5, 5.41) is 0. The molecule has 0 spiro atoms. The molecular weight excluding hydrogens is 276 g/mol. The van der Waals surface area contributed by atoms with Crippen LogP contribution < -0.4 is 22.9 Å². The van der Waals surface area contributed by atoms with Crippen molar-refractivity contribution in [2.24, 2.45) is 32.9 Å². The topological polar surface area (TPSA) is 129 Å². The summed E-state index contributed by atoms with van der Waals surface area (Å²) in [6, 6.07) is 0.